The molecular weight excluding hydrogens is 302 g/mol. The highest BCUT2D eigenvalue weighted by molar-refractivity contribution is 5.78. The molecule has 2 aromatic rings. The van der Waals surface area contributed by atoms with E-state index in [-0.39, 0.29) is 5.91 Å². The largest absolute Gasteiger partial charge is 0.383 e. The van der Waals surface area contributed by atoms with E-state index in [1.807, 2.05) is 24.2 Å². The highest BCUT2D eigenvalue weighted by Crippen LogP contribution is 2.23. The summed E-state index contributed by atoms with van der Waals surface area (Å²) in [6.07, 6.45) is 5.21. The average Bonchev–Trinajstić information content (AvgIpc) is 2.94. The van der Waals surface area contributed by atoms with Crippen LogP contribution in [-0.4, -0.2) is 47.6 Å². The summed E-state index contributed by atoms with van der Waals surface area (Å²) in [7, 11) is 1.66. The number of amides is 1. The van der Waals surface area contributed by atoms with E-state index < -0.39 is 0 Å². The highest BCUT2D eigenvalue weighted by atomic mass is 16.5. The lowest BCUT2D eigenvalue weighted by Gasteiger charge is -2.16. The van der Waals surface area contributed by atoms with Gasteiger partial charge < -0.3 is 9.64 Å². The number of methoxy groups -OCH3 is 1. The van der Waals surface area contributed by atoms with E-state index in [2.05, 4.69) is 34.2 Å². The van der Waals surface area contributed by atoms with Crippen molar-refractivity contribution in [3.05, 3.63) is 47.8 Å². The number of aromatic nitrogens is 2. The molecule has 1 saturated heterocycles. The zero-order valence-electron chi connectivity index (χ0n) is 14.2. The summed E-state index contributed by atoms with van der Waals surface area (Å²) in [5.74, 6) is 1.37. The smallest absolute Gasteiger partial charge is 0.223 e. The Kier molecular flexibility index (Phi) is 5.20. The van der Waals surface area contributed by atoms with Gasteiger partial charge in [0.1, 0.15) is 0 Å². The molecule has 3 rings (SSSR count). The minimum absolute atomic E-state index is 0.238. The minimum Gasteiger partial charge on any atom is -0.383 e. The van der Waals surface area contributed by atoms with Gasteiger partial charge in [-0.15, -0.1) is 0 Å². The molecule has 5 nitrogen and oxygen atoms in total. The van der Waals surface area contributed by atoms with Crippen molar-refractivity contribution in [3.8, 4) is 11.4 Å². The number of benzene rings is 1. The summed E-state index contributed by atoms with van der Waals surface area (Å²) in [6, 6.07) is 8.33. The number of hydrogen-bond acceptors (Lipinski definition) is 4. The average molecular weight is 325 g/mol. The Labute approximate surface area is 142 Å². The first-order valence-corrected chi connectivity index (χ1v) is 8.30. The first-order chi connectivity index (χ1) is 11.7. The van der Waals surface area contributed by atoms with Gasteiger partial charge in [-0.1, -0.05) is 24.3 Å². The van der Waals surface area contributed by atoms with Gasteiger partial charge in [0.2, 0.25) is 5.91 Å². The Morgan fingerprint density at radius 3 is 2.58 bits per heavy atom. The fourth-order valence-electron chi connectivity index (χ4n) is 3.07. The molecule has 1 aromatic carbocycles. The van der Waals surface area contributed by atoms with E-state index in [0.717, 1.165) is 29.9 Å². The van der Waals surface area contributed by atoms with Crippen molar-refractivity contribution >= 4 is 5.91 Å². The van der Waals surface area contributed by atoms with E-state index in [0.29, 0.717) is 25.5 Å². The van der Waals surface area contributed by atoms with Crippen molar-refractivity contribution in [1.82, 2.24) is 14.9 Å². The number of ether oxygens (including phenoxy) is 1. The molecule has 1 atom stereocenters. The number of rotatable bonds is 6. The summed E-state index contributed by atoms with van der Waals surface area (Å²) in [6.45, 7) is 4.09. The van der Waals surface area contributed by atoms with Crippen LogP contribution in [0.1, 0.15) is 17.5 Å². The van der Waals surface area contributed by atoms with Gasteiger partial charge in [-0.3, -0.25) is 4.79 Å². The molecule has 0 saturated carbocycles. The van der Waals surface area contributed by atoms with Crippen LogP contribution in [0.4, 0.5) is 0 Å². The van der Waals surface area contributed by atoms with Gasteiger partial charge in [0, 0.05) is 44.6 Å². The van der Waals surface area contributed by atoms with Crippen molar-refractivity contribution in [3.63, 3.8) is 0 Å². The minimum atomic E-state index is 0.238. The third-order valence-electron chi connectivity index (χ3n) is 4.38. The van der Waals surface area contributed by atoms with Gasteiger partial charge >= 0.3 is 0 Å². The molecule has 0 spiro atoms. The van der Waals surface area contributed by atoms with Gasteiger partial charge in [0.05, 0.1) is 6.61 Å². The molecule has 0 bridgehead atoms. The first kappa shape index (κ1) is 16.6. The lowest BCUT2D eigenvalue weighted by molar-refractivity contribution is -0.128. The number of hydrogen-bond donors (Lipinski definition) is 0. The Hall–Kier alpha value is -2.27. The molecule has 1 aliphatic rings. The molecule has 5 heteroatoms. The fourth-order valence-corrected chi connectivity index (χ4v) is 3.07. The van der Waals surface area contributed by atoms with Crippen LogP contribution in [0.5, 0.6) is 0 Å². The van der Waals surface area contributed by atoms with Gasteiger partial charge in [-0.2, -0.15) is 0 Å². The molecular formula is C19H23N3O2. The normalized spacial score (nSPS) is 17.5. The predicted molar refractivity (Wildman–Crippen MR) is 92.5 cm³/mol. The number of carbonyl (C=O) groups excluding carboxylic acids is 1. The topological polar surface area (TPSA) is 55.3 Å². The SMILES string of the molecule is COCCN1C[C@H](Cc2ccc(-c3ncc(C)cn3)cc2)CC1=O. The van der Waals surface area contributed by atoms with Crippen LogP contribution in [0.15, 0.2) is 36.7 Å². The summed E-state index contributed by atoms with van der Waals surface area (Å²) in [5.41, 5.74) is 3.32. The zero-order valence-corrected chi connectivity index (χ0v) is 14.2. The maximum atomic E-state index is 12.0. The second kappa shape index (κ2) is 7.53. The maximum absolute atomic E-state index is 12.0. The molecule has 24 heavy (non-hydrogen) atoms. The van der Waals surface area contributed by atoms with Crippen LogP contribution in [0, 0.1) is 12.8 Å². The van der Waals surface area contributed by atoms with Crippen LogP contribution in [-0.2, 0) is 16.0 Å². The fraction of sp³-hybridized carbons (Fsp3) is 0.421. The maximum Gasteiger partial charge on any atom is 0.223 e. The van der Waals surface area contributed by atoms with Crippen molar-refractivity contribution in [2.75, 3.05) is 26.8 Å². The lowest BCUT2D eigenvalue weighted by atomic mass is 9.97. The lowest BCUT2D eigenvalue weighted by Crippen LogP contribution is -2.28. The summed E-state index contributed by atoms with van der Waals surface area (Å²) in [4.78, 5) is 22.6. The van der Waals surface area contributed by atoms with E-state index in [4.69, 9.17) is 4.74 Å². The molecule has 1 aromatic heterocycles. The molecule has 1 fully saturated rings. The van der Waals surface area contributed by atoms with Gasteiger partial charge in [0.25, 0.3) is 0 Å². The molecule has 126 valence electrons. The van der Waals surface area contributed by atoms with Crippen molar-refractivity contribution in [2.45, 2.75) is 19.8 Å². The molecule has 0 unspecified atom stereocenters. The molecule has 0 N–H and O–H groups in total. The molecule has 0 aliphatic carbocycles. The summed E-state index contributed by atoms with van der Waals surface area (Å²) >= 11 is 0. The Bertz CT molecular complexity index is 683. The molecule has 1 aliphatic heterocycles. The Balaban J connectivity index is 1.60. The summed E-state index contributed by atoms with van der Waals surface area (Å²) in [5, 5.41) is 0. The first-order valence-electron chi connectivity index (χ1n) is 8.30. The number of aryl methyl sites for hydroxylation is 1. The van der Waals surface area contributed by atoms with E-state index in [9.17, 15) is 4.79 Å². The van der Waals surface area contributed by atoms with Crippen LogP contribution in [0.2, 0.25) is 0 Å². The molecule has 0 radical (unpaired) electrons. The van der Waals surface area contributed by atoms with Gasteiger partial charge in [-0.05, 0) is 30.4 Å². The van der Waals surface area contributed by atoms with Crippen molar-refractivity contribution in [2.24, 2.45) is 5.92 Å². The van der Waals surface area contributed by atoms with Crippen molar-refractivity contribution in [1.29, 1.82) is 0 Å². The zero-order chi connectivity index (χ0) is 16.9. The highest BCUT2D eigenvalue weighted by Gasteiger charge is 2.29. The van der Waals surface area contributed by atoms with Gasteiger partial charge in [0.15, 0.2) is 5.82 Å². The standard InChI is InChI=1S/C19H23N3O2/c1-14-11-20-19(21-12-14)17-5-3-15(4-6-17)9-16-10-18(23)22(13-16)7-8-24-2/h3-6,11-12,16H,7-10,13H2,1-2H3/t16-/m1/s1. The number of likely N-dealkylation sites (tertiary alicyclic amines) is 1. The van der Waals surface area contributed by atoms with E-state index in [1.54, 1.807) is 7.11 Å². The van der Waals surface area contributed by atoms with Crippen LogP contribution in [0.25, 0.3) is 11.4 Å². The molecule has 2 heterocycles. The predicted octanol–water partition coefficient (Wildman–Crippen LogP) is 2.49. The second-order valence-corrected chi connectivity index (χ2v) is 6.39. The second-order valence-electron chi connectivity index (χ2n) is 6.39. The third-order valence-corrected chi connectivity index (χ3v) is 4.38. The van der Waals surface area contributed by atoms with Crippen LogP contribution < -0.4 is 0 Å². The summed E-state index contributed by atoms with van der Waals surface area (Å²) < 4.78 is 5.06. The Morgan fingerprint density at radius 1 is 1.21 bits per heavy atom. The third kappa shape index (κ3) is 3.97. The van der Waals surface area contributed by atoms with E-state index >= 15 is 0 Å². The molecule has 1 amide bonds. The van der Waals surface area contributed by atoms with Crippen LogP contribution in [0.3, 0.4) is 0 Å². The number of nitrogens with zero attached hydrogens (tertiary/aromatic N) is 3. The van der Waals surface area contributed by atoms with Crippen LogP contribution >= 0.6 is 0 Å². The Morgan fingerprint density at radius 2 is 1.92 bits per heavy atom. The number of carbonyl (C=O) groups is 1. The van der Waals surface area contributed by atoms with Gasteiger partial charge in [-0.25, -0.2) is 9.97 Å². The monoisotopic (exact) mass is 325 g/mol. The van der Waals surface area contributed by atoms with Crippen molar-refractivity contribution < 1.29 is 9.53 Å². The quantitative estimate of drug-likeness (QED) is 0.819. The van der Waals surface area contributed by atoms with E-state index in [1.165, 1.54) is 5.56 Å².